The zero-order chi connectivity index (χ0) is 23.1. The molecule has 1 N–H and O–H groups in total. The number of esters is 1. The van der Waals surface area contributed by atoms with Crippen LogP contribution in [0.4, 0.5) is 4.39 Å². The van der Waals surface area contributed by atoms with Gasteiger partial charge in [-0.1, -0.05) is 29.8 Å². The van der Waals surface area contributed by atoms with E-state index in [2.05, 4.69) is 10.4 Å². The fourth-order valence-corrected chi connectivity index (χ4v) is 3.22. The third kappa shape index (κ3) is 5.73. The molecule has 3 aromatic rings. The van der Waals surface area contributed by atoms with Crippen LogP contribution in [0.5, 0.6) is 5.75 Å². The molecule has 0 aliphatic heterocycles. The Hall–Kier alpha value is -3.65. The highest BCUT2D eigenvalue weighted by Crippen LogP contribution is 2.25. The van der Waals surface area contributed by atoms with E-state index < -0.39 is 18.5 Å². The first-order valence-corrected chi connectivity index (χ1v) is 10.0. The van der Waals surface area contributed by atoms with Crippen LogP contribution in [0.1, 0.15) is 16.8 Å². The number of rotatable bonds is 8. The third-order valence-electron chi connectivity index (χ3n) is 4.52. The van der Waals surface area contributed by atoms with Gasteiger partial charge in [-0.3, -0.25) is 4.79 Å². The molecule has 0 aliphatic carbocycles. The molecule has 0 unspecified atom stereocenters. The number of aryl methyl sites for hydroxylation is 1. The lowest BCUT2D eigenvalue weighted by atomic mass is 10.2. The van der Waals surface area contributed by atoms with Crippen molar-refractivity contribution in [2.75, 3.05) is 13.7 Å². The summed E-state index contributed by atoms with van der Waals surface area (Å²) in [7, 11) is 1.55. The number of nitrogens with zero attached hydrogens (tertiary/aromatic N) is 2. The Kier molecular flexibility index (Phi) is 7.62. The summed E-state index contributed by atoms with van der Waals surface area (Å²) in [6.45, 7) is 1.54. The number of halogens is 2. The fourth-order valence-electron chi connectivity index (χ4n) is 2.88. The molecule has 32 heavy (non-hydrogen) atoms. The number of hydrogen-bond acceptors (Lipinski definition) is 5. The minimum Gasteiger partial charge on any atom is -0.496 e. The number of para-hydroxylation sites is 1. The summed E-state index contributed by atoms with van der Waals surface area (Å²) in [6, 6.07) is 13.0. The minimum atomic E-state index is -0.706. The number of amides is 1. The zero-order valence-corrected chi connectivity index (χ0v) is 18.2. The number of carbonyl (C=O) groups is 2. The second-order valence-corrected chi connectivity index (χ2v) is 7.07. The topological polar surface area (TPSA) is 82.4 Å². The molecular weight excluding hydrogens is 437 g/mol. The summed E-state index contributed by atoms with van der Waals surface area (Å²) in [5.41, 5.74) is 2.46. The van der Waals surface area contributed by atoms with Crippen LogP contribution < -0.4 is 10.1 Å². The summed E-state index contributed by atoms with van der Waals surface area (Å²) in [4.78, 5) is 24.0. The van der Waals surface area contributed by atoms with Gasteiger partial charge in [0.25, 0.3) is 5.91 Å². The maximum atomic E-state index is 13.1. The Morgan fingerprint density at radius 2 is 1.91 bits per heavy atom. The standard InChI is InChI=1S/C23H21ClFN3O4/c1-15-19(23(24)28(27-15)18-9-7-17(25)8-10-18)11-12-22(30)32-14-21(29)26-13-16-5-3-4-6-20(16)31-2/h3-12H,13-14H2,1-2H3,(H,26,29)/b12-11+. The first kappa shape index (κ1) is 23.0. The van der Waals surface area contributed by atoms with Gasteiger partial charge >= 0.3 is 5.97 Å². The maximum Gasteiger partial charge on any atom is 0.331 e. The summed E-state index contributed by atoms with van der Waals surface area (Å²) in [5, 5.41) is 7.24. The van der Waals surface area contributed by atoms with Gasteiger partial charge < -0.3 is 14.8 Å². The number of benzene rings is 2. The van der Waals surface area contributed by atoms with Crippen molar-refractivity contribution < 1.29 is 23.5 Å². The largest absolute Gasteiger partial charge is 0.496 e. The number of nitrogens with one attached hydrogen (secondary N) is 1. The summed E-state index contributed by atoms with van der Waals surface area (Å²) < 4.78 is 24.8. The van der Waals surface area contributed by atoms with Crippen molar-refractivity contribution in [3.8, 4) is 11.4 Å². The van der Waals surface area contributed by atoms with Crippen LogP contribution >= 0.6 is 11.6 Å². The lowest BCUT2D eigenvalue weighted by Gasteiger charge is -2.09. The average molecular weight is 458 g/mol. The van der Waals surface area contributed by atoms with E-state index in [-0.39, 0.29) is 17.5 Å². The van der Waals surface area contributed by atoms with Crippen molar-refractivity contribution in [1.29, 1.82) is 0 Å². The Morgan fingerprint density at radius 3 is 2.62 bits per heavy atom. The molecule has 1 amide bonds. The Morgan fingerprint density at radius 1 is 1.19 bits per heavy atom. The first-order chi connectivity index (χ1) is 15.4. The molecule has 0 spiro atoms. The number of methoxy groups -OCH3 is 1. The SMILES string of the molecule is COc1ccccc1CNC(=O)COC(=O)/C=C/c1c(C)nn(-c2ccc(F)cc2)c1Cl. The number of carbonyl (C=O) groups excluding carboxylic acids is 2. The molecule has 166 valence electrons. The quantitative estimate of drug-likeness (QED) is 0.410. The number of ether oxygens (including phenoxy) is 2. The highest BCUT2D eigenvalue weighted by atomic mass is 35.5. The van der Waals surface area contributed by atoms with Crippen molar-refractivity contribution in [2.24, 2.45) is 0 Å². The Balaban J connectivity index is 1.55. The van der Waals surface area contributed by atoms with E-state index in [0.29, 0.717) is 22.7 Å². The predicted molar refractivity (Wildman–Crippen MR) is 118 cm³/mol. The zero-order valence-electron chi connectivity index (χ0n) is 17.5. The lowest BCUT2D eigenvalue weighted by molar-refractivity contribution is -0.143. The molecule has 9 heteroatoms. The van der Waals surface area contributed by atoms with Crippen molar-refractivity contribution in [1.82, 2.24) is 15.1 Å². The molecule has 7 nitrogen and oxygen atoms in total. The van der Waals surface area contributed by atoms with Gasteiger partial charge in [0.05, 0.1) is 18.5 Å². The van der Waals surface area contributed by atoms with Gasteiger partial charge in [-0.25, -0.2) is 13.9 Å². The molecule has 0 radical (unpaired) electrons. The van der Waals surface area contributed by atoms with E-state index in [4.69, 9.17) is 21.1 Å². The van der Waals surface area contributed by atoms with Gasteiger partial charge in [0.1, 0.15) is 16.7 Å². The predicted octanol–water partition coefficient (Wildman–Crippen LogP) is 3.85. The van der Waals surface area contributed by atoms with E-state index in [9.17, 15) is 14.0 Å². The Labute approximate surface area is 189 Å². The molecule has 0 saturated heterocycles. The summed E-state index contributed by atoms with van der Waals surface area (Å²) in [6.07, 6.45) is 2.62. The van der Waals surface area contributed by atoms with Gasteiger partial charge in [-0.05, 0) is 43.3 Å². The lowest BCUT2D eigenvalue weighted by Crippen LogP contribution is -2.28. The van der Waals surface area contributed by atoms with E-state index in [1.165, 1.54) is 29.0 Å². The van der Waals surface area contributed by atoms with E-state index in [1.807, 2.05) is 18.2 Å². The third-order valence-corrected chi connectivity index (χ3v) is 4.88. The molecule has 2 aromatic carbocycles. The maximum absolute atomic E-state index is 13.1. The highest BCUT2D eigenvalue weighted by molar-refractivity contribution is 6.31. The summed E-state index contributed by atoms with van der Waals surface area (Å²) in [5.74, 6) is -0.872. The number of hydrogen-bond donors (Lipinski definition) is 1. The normalized spacial score (nSPS) is 10.9. The van der Waals surface area contributed by atoms with Crippen LogP contribution in [0.2, 0.25) is 5.15 Å². The molecule has 0 atom stereocenters. The number of aromatic nitrogens is 2. The van der Waals surface area contributed by atoms with Gasteiger partial charge in [0, 0.05) is 23.7 Å². The van der Waals surface area contributed by atoms with E-state index >= 15 is 0 Å². The van der Waals surface area contributed by atoms with E-state index in [1.54, 1.807) is 32.2 Å². The first-order valence-electron chi connectivity index (χ1n) is 9.63. The molecule has 0 saturated carbocycles. The molecule has 1 heterocycles. The van der Waals surface area contributed by atoms with E-state index in [0.717, 1.165) is 5.56 Å². The van der Waals surface area contributed by atoms with Crippen LogP contribution in [-0.4, -0.2) is 35.4 Å². The fraction of sp³-hybridized carbons (Fsp3) is 0.174. The minimum absolute atomic E-state index is 0.244. The summed E-state index contributed by atoms with van der Waals surface area (Å²) >= 11 is 6.37. The van der Waals surface area contributed by atoms with Crippen molar-refractivity contribution in [2.45, 2.75) is 13.5 Å². The molecule has 0 fully saturated rings. The van der Waals surface area contributed by atoms with Crippen molar-refractivity contribution >= 4 is 29.6 Å². The average Bonchev–Trinajstić information content (AvgIpc) is 3.08. The van der Waals surface area contributed by atoms with Crippen molar-refractivity contribution in [3.63, 3.8) is 0 Å². The Bertz CT molecular complexity index is 1140. The van der Waals surface area contributed by atoms with Crippen LogP contribution in [-0.2, 0) is 20.9 Å². The van der Waals surface area contributed by atoms with Crippen LogP contribution in [0.25, 0.3) is 11.8 Å². The van der Waals surface area contributed by atoms with Crippen LogP contribution in [0, 0.1) is 12.7 Å². The molecule has 0 aliphatic rings. The van der Waals surface area contributed by atoms with Gasteiger partial charge in [0.2, 0.25) is 0 Å². The van der Waals surface area contributed by atoms with Crippen LogP contribution in [0.3, 0.4) is 0 Å². The smallest absolute Gasteiger partial charge is 0.331 e. The molecular formula is C23H21ClFN3O4. The molecule has 3 rings (SSSR count). The highest BCUT2D eigenvalue weighted by Gasteiger charge is 2.13. The second kappa shape index (κ2) is 10.6. The van der Waals surface area contributed by atoms with Gasteiger partial charge in [-0.2, -0.15) is 5.10 Å². The van der Waals surface area contributed by atoms with Gasteiger partial charge in [-0.15, -0.1) is 0 Å². The molecule has 1 aromatic heterocycles. The monoisotopic (exact) mass is 457 g/mol. The van der Waals surface area contributed by atoms with Gasteiger partial charge in [0.15, 0.2) is 6.61 Å². The molecule has 0 bridgehead atoms. The second-order valence-electron chi connectivity index (χ2n) is 6.71. The van der Waals surface area contributed by atoms with Crippen LogP contribution in [0.15, 0.2) is 54.6 Å². The van der Waals surface area contributed by atoms with Crippen molar-refractivity contribution in [3.05, 3.63) is 82.4 Å².